The predicted octanol–water partition coefficient (Wildman–Crippen LogP) is 0.328. The van der Waals surface area contributed by atoms with E-state index in [1.165, 1.54) is 11.1 Å². The molecule has 1 aliphatic rings. The van der Waals surface area contributed by atoms with Crippen molar-refractivity contribution >= 4 is 5.95 Å². The average molecular weight is 224 g/mol. The molecule has 0 spiro atoms. The molecule has 1 aromatic rings. The Hall–Kier alpha value is -1.30. The topological polar surface area (TPSA) is 109 Å². The maximum Gasteiger partial charge on any atom is 0.240 e. The van der Waals surface area contributed by atoms with Gasteiger partial charge in [-0.25, -0.2) is 4.68 Å². The van der Waals surface area contributed by atoms with Gasteiger partial charge in [-0.1, -0.05) is 13.3 Å². The third-order valence-electron chi connectivity index (χ3n) is 3.74. The average Bonchev–Trinajstić information content (AvgIpc) is 2.61. The van der Waals surface area contributed by atoms with Gasteiger partial charge in [-0.2, -0.15) is 0 Å². The van der Waals surface area contributed by atoms with Crippen LogP contribution >= 0.6 is 0 Å². The van der Waals surface area contributed by atoms with Crippen molar-refractivity contribution in [3.05, 3.63) is 5.82 Å². The van der Waals surface area contributed by atoms with Gasteiger partial charge in [0.25, 0.3) is 0 Å². The largest absolute Gasteiger partial charge is 0.366 e. The molecule has 1 aliphatic carbocycles. The molecule has 0 amide bonds. The van der Waals surface area contributed by atoms with Gasteiger partial charge in [0.05, 0.1) is 5.54 Å². The molecule has 0 saturated heterocycles. The van der Waals surface area contributed by atoms with Gasteiger partial charge in [-0.3, -0.25) is 0 Å². The van der Waals surface area contributed by atoms with Gasteiger partial charge in [0.1, 0.15) is 0 Å². The van der Waals surface area contributed by atoms with Crippen LogP contribution in [0.15, 0.2) is 0 Å². The second-order valence-electron chi connectivity index (χ2n) is 4.76. The molecule has 6 heteroatoms. The van der Waals surface area contributed by atoms with Crippen LogP contribution in [0, 0.1) is 5.92 Å². The molecule has 16 heavy (non-hydrogen) atoms. The summed E-state index contributed by atoms with van der Waals surface area (Å²) in [6.07, 6.45) is 5.27. The number of hydrogen-bond acceptors (Lipinski definition) is 5. The molecule has 0 bridgehead atoms. The molecule has 90 valence electrons. The minimum atomic E-state index is -0.453. The SMILES string of the molecule is CCC1CCC(N)(c2nnc(N)n2N)CC1. The highest BCUT2D eigenvalue weighted by Crippen LogP contribution is 2.37. The highest BCUT2D eigenvalue weighted by Gasteiger charge is 2.37. The molecule has 0 radical (unpaired) electrons. The molecule has 1 fully saturated rings. The molecule has 0 atom stereocenters. The molecule has 1 heterocycles. The van der Waals surface area contributed by atoms with E-state index < -0.39 is 5.54 Å². The summed E-state index contributed by atoms with van der Waals surface area (Å²) in [5, 5.41) is 7.76. The van der Waals surface area contributed by atoms with E-state index in [2.05, 4.69) is 17.1 Å². The summed E-state index contributed by atoms with van der Waals surface area (Å²) in [7, 11) is 0. The van der Waals surface area contributed by atoms with Crippen LogP contribution in [-0.2, 0) is 5.54 Å². The van der Waals surface area contributed by atoms with Crippen LogP contribution in [0.5, 0.6) is 0 Å². The lowest BCUT2D eigenvalue weighted by Crippen LogP contribution is -2.44. The Morgan fingerprint density at radius 3 is 2.44 bits per heavy atom. The van der Waals surface area contributed by atoms with Crippen molar-refractivity contribution in [1.29, 1.82) is 0 Å². The minimum Gasteiger partial charge on any atom is -0.366 e. The Kier molecular flexibility index (Phi) is 2.75. The van der Waals surface area contributed by atoms with Gasteiger partial charge in [-0.15, -0.1) is 10.2 Å². The van der Waals surface area contributed by atoms with Gasteiger partial charge in [0, 0.05) is 0 Å². The predicted molar refractivity (Wildman–Crippen MR) is 62.7 cm³/mol. The van der Waals surface area contributed by atoms with Crippen molar-refractivity contribution in [1.82, 2.24) is 14.9 Å². The van der Waals surface area contributed by atoms with Crippen LogP contribution in [0.1, 0.15) is 44.9 Å². The summed E-state index contributed by atoms with van der Waals surface area (Å²) in [4.78, 5) is 0. The lowest BCUT2D eigenvalue weighted by Gasteiger charge is -2.35. The second kappa shape index (κ2) is 3.93. The third kappa shape index (κ3) is 1.73. The van der Waals surface area contributed by atoms with Crippen LogP contribution in [0.2, 0.25) is 0 Å². The number of rotatable bonds is 2. The molecular formula is C10H20N6. The normalized spacial score (nSPS) is 30.5. The number of nitrogens with zero attached hydrogens (tertiary/aromatic N) is 3. The van der Waals surface area contributed by atoms with E-state index in [0.29, 0.717) is 5.82 Å². The number of hydrogen-bond donors (Lipinski definition) is 3. The maximum atomic E-state index is 6.35. The van der Waals surface area contributed by atoms with Gasteiger partial charge in [-0.05, 0) is 31.6 Å². The first-order chi connectivity index (χ1) is 7.57. The zero-order valence-electron chi connectivity index (χ0n) is 9.69. The summed E-state index contributed by atoms with van der Waals surface area (Å²) in [5.41, 5.74) is 11.5. The summed E-state index contributed by atoms with van der Waals surface area (Å²) in [6, 6.07) is 0. The highest BCUT2D eigenvalue weighted by atomic mass is 15.5. The highest BCUT2D eigenvalue weighted by molar-refractivity contribution is 5.21. The van der Waals surface area contributed by atoms with Gasteiger partial charge in [0.2, 0.25) is 5.95 Å². The van der Waals surface area contributed by atoms with Crippen LogP contribution in [0.4, 0.5) is 5.95 Å². The Morgan fingerprint density at radius 1 is 1.38 bits per heavy atom. The smallest absolute Gasteiger partial charge is 0.240 e. The molecule has 0 unspecified atom stereocenters. The molecule has 1 aromatic heterocycles. The van der Waals surface area contributed by atoms with Crippen LogP contribution in [-0.4, -0.2) is 14.9 Å². The van der Waals surface area contributed by atoms with Crippen molar-refractivity contribution in [3.63, 3.8) is 0 Å². The zero-order chi connectivity index (χ0) is 11.8. The molecule has 6 nitrogen and oxygen atoms in total. The Morgan fingerprint density at radius 2 is 2.00 bits per heavy atom. The van der Waals surface area contributed by atoms with E-state index in [1.807, 2.05) is 0 Å². The first-order valence-corrected chi connectivity index (χ1v) is 5.82. The third-order valence-corrected chi connectivity index (χ3v) is 3.74. The van der Waals surface area contributed by atoms with Crippen LogP contribution < -0.4 is 17.3 Å². The fourth-order valence-electron chi connectivity index (χ4n) is 2.47. The lowest BCUT2D eigenvalue weighted by atomic mass is 9.76. The number of anilines is 1. The Labute approximate surface area is 95.2 Å². The van der Waals surface area contributed by atoms with Crippen molar-refractivity contribution in [2.45, 2.75) is 44.6 Å². The quantitative estimate of drug-likeness (QED) is 0.627. The monoisotopic (exact) mass is 224 g/mol. The number of nitrogens with two attached hydrogens (primary N) is 3. The standard InChI is InChI=1S/C10H20N6/c1-2-7-3-5-10(12,6-4-7)8-14-15-9(11)16(8)13/h7H,2-6,12-13H2,1H3,(H2,11,15). The first-order valence-electron chi connectivity index (χ1n) is 5.82. The molecule has 1 saturated carbocycles. The Bertz CT molecular complexity index is 363. The van der Waals surface area contributed by atoms with E-state index in [4.69, 9.17) is 17.3 Å². The molecule has 2 rings (SSSR count). The number of aromatic nitrogens is 3. The van der Waals surface area contributed by atoms with Crippen LogP contribution in [0.3, 0.4) is 0 Å². The molecular weight excluding hydrogens is 204 g/mol. The second-order valence-corrected chi connectivity index (χ2v) is 4.76. The van der Waals surface area contributed by atoms with E-state index in [9.17, 15) is 0 Å². The summed E-state index contributed by atoms with van der Waals surface area (Å²) < 4.78 is 1.31. The fourth-order valence-corrected chi connectivity index (χ4v) is 2.47. The van der Waals surface area contributed by atoms with E-state index in [-0.39, 0.29) is 5.95 Å². The van der Waals surface area contributed by atoms with Crippen molar-refractivity contribution in [2.75, 3.05) is 11.6 Å². The lowest BCUT2D eigenvalue weighted by molar-refractivity contribution is 0.219. The van der Waals surface area contributed by atoms with Crippen molar-refractivity contribution in [2.24, 2.45) is 11.7 Å². The summed E-state index contributed by atoms with van der Waals surface area (Å²) in [5.74, 6) is 7.38. The van der Waals surface area contributed by atoms with Crippen LogP contribution in [0.25, 0.3) is 0 Å². The molecule has 0 aromatic carbocycles. The maximum absolute atomic E-state index is 6.35. The fraction of sp³-hybridized carbons (Fsp3) is 0.800. The van der Waals surface area contributed by atoms with Gasteiger partial charge in [0.15, 0.2) is 5.82 Å². The zero-order valence-corrected chi connectivity index (χ0v) is 9.69. The Balaban J connectivity index is 2.18. The first kappa shape index (κ1) is 11.2. The van der Waals surface area contributed by atoms with Gasteiger partial charge >= 0.3 is 0 Å². The van der Waals surface area contributed by atoms with Crippen molar-refractivity contribution < 1.29 is 0 Å². The minimum absolute atomic E-state index is 0.220. The summed E-state index contributed by atoms with van der Waals surface area (Å²) in [6.45, 7) is 2.22. The molecule has 0 aliphatic heterocycles. The summed E-state index contributed by atoms with van der Waals surface area (Å²) >= 11 is 0. The number of nitrogen functional groups attached to an aromatic ring is 2. The molecule has 6 N–H and O–H groups in total. The van der Waals surface area contributed by atoms with E-state index in [1.54, 1.807) is 0 Å². The van der Waals surface area contributed by atoms with Gasteiger partial charge < -0.3 is 17.3 Å². The van der Waals surface area contributed by atoms with Crippen molar-refractivity contribution in [3.8, 4) is 0 Å². The van der Waals surface area contributed by atoms with E-state index >= 15 is 0 Å². The van der Waals surface area contributed by atoms with E-state index in [0.717, 1.165) is 31.6 Å².